The van der Waals surface area contributed by atoms with Crippen LogP contribution in [-0.4, -0.2) is 30.4 Å². The van der Waals surface area contributed by atoms with E-state index in [1.54, 1.807) is 14.2 Å². The molecule has 5 nitrogen and oxygen atoms in total. The molecular formula is C20H21ClN2O3S2. The van der Waals surface area contributed by atoms with Gasteiger partial charge in [-0.1, -0.05) is 29.9 Å². The number of fused-ring (bicyclic) bond motifs is 1. The van der Waals surface area contributed by atoms with Gasteiger partial charge in [-0.05, 0) is 42.8 Å². The predicted octanol–water partition coefficient (Wildman–Crippen LogP) is 5.00. The van der Waals surface area contributed by atoms with Crippen LogP contribution in [0.5, 0.6) is 11.5 Å². The average molecular weight is 437 g/mol. The molecule has 0 aliphatic carbocycles. The van der Waals surface area contributed by atoms with Gasteiger partial charge in [0.15, 0.2) is 4.80 Å². The van der Waals surface area contributed by atoms with Gasteiger partial charge in [0.25, 0.3) is 5.91 Å². The zero-order valence-electron chi connectivity index (χ0n) is 15.9. The number of hydrogen-bond donors (Lipinski definition) is 0. The second-order valence-electron chi connectivity index (χ2n) is 5.93. The smallest absolute Gasteiger partial charge is 0.258 e. The van der Waals surface area contributed by atoms with Gasteiger partial charge in [-0.25, -0.2) is 0 Å². The third-order valence-electron chi connectivity index (χ3n) is 4.04. The molecule has 2 aromatic carbocycles. The van der Waals surface area contributed by atoms with Crippen LogP contribution in [0.3, 0.4) is 0 Å². The van der Waals surface area contributed by atoms with Gasteiger partial charge in [0.1, 0.15) is 21.7 Å². The Labute approximate surface area is 177 Å². The maximum absolute atomic E-state index is 12.5. The number of carbonyl (C=O) groups excluding carboxylic acids is 1. The second kappa shape index (κ2) is 9.49. The Kier molecular flexibility index (Phi) is 7.04. The number of methoxy groups -OCH3 is 2. The molecule has 3 aromatic rings. The van der Waals surface area contributed by atoms with Crippen LogP contribution in [0.1, 0.15) is 13.3 Å². The first kappa shape index (κ1) is 20.8. The second-order valence-corrected chi connectivity index (χ2v) is 8.39. The molecule has 0 spiro atoms. The molecule has 1 amide bonds. The van der Waals surface area contributed by atoms with Crippen molar-refractivity contribution in [3.8, 4) is 11.5 Å². The standard InChI is InChI=1S/C20H21ClN2O3S2/c1-4-11-23-18-15(25-2)9-10-16(26-3)19(18)28-20(23)22-17(24)12-27-14-7-5-13(21)6-8-14/h5-10H,4,11-12H2,1-3H3. The van der Waals surface area contributed by atoms with E-state index in [9.17, 15) is 4.79 Å². The largest absolute Gasteiger partial charge is 0.495 e. The molecule has 0 radical (unpaired) electrons. The minimum absolute atomic E-state index is 0.186. The first-order chi connectivity index (χ1) is 13.6. The number of thiazole rings is 1. The van der Waals surface area contributed by atoms with Gasteiger partial charge < -0.3 is 14.0 Å². The van der Waals surface area contributed by atoms with Crippen molar-refractivity contribution in [1.29, 1.82) is 0 Å². The van der Waals surface area contributed by atoms with Gasteiger partial charge >= 0.3 is 0 Å². The molecule has 0 bridgehead atoms. The molecule has 3 rings (SSSR count). The van der Waals surface area contributed by atoms with Crippen LogP contribution in [-0.2, 0) is 11.3 Å². The zero-order chi connectivity index (χ0) is 20.1. The van der Waals surface area contributed by atoms with Crippen molar-refractivity contribution in [1.82, 2.24) is 4.57 Å². The number of halogens is 1. The van der Waals surface area contributed by atoms with Crippen LogP contribution in [0, 0.1) is 0 Å². The monoisotopic (exact) mass is 436 g/mol. The van der Waals surface area contributed by atoms with Gasteiger partial charge in [0, 0.05) is 16.5 Å². The minimum atomic E-state index is -0.186. The van der Waals surface area contributed by atoms with E-state index in [-0.39, 0.29) is 11.7 Å². The summed E-state index contributed by atoms with van der Waals surface area (Å²) in [5.74, 6) is 1.56. The molecular weight excluding hydrogens is 416 g/mol. The van der Waals surface area contributed by atoms with E-state index in [2.05, 4.69) is 11.9 Å². The molecule has 8 heteroatoms. The van der Waals surface area contributed by atoms with Crippen LogP contribution in [0.25, 0.3) is 10.2 Å². The maximum Gasteiger partial charge on any atom is 0.258 e. The molecule has 0 saturated heterocycles. The summed E-state index contributed by atoms with van der Waals surface area (Å²) in [6, 6.07) is 11.2. The van der Waals surface area contributed by atoms with Crippen LogP contribution >= 0.6 is 34.7 Å². The SMILES string of the molecule is CCCn1c(=NC(=O)CSc2ccc(Cl)cc2)sc2c(OC)ccc(OC)c21. The molecule has 1 aromatic heterocycles. The Bertz CT molecular complexity index is 1040. The molecule has 148 valence electrons. The summed E-state index contributed by atoms with van der Waals surface area (Å²) in [6.45, 7) is 2.82. The first-order valence-electron chi connectivity index (χ1n) is 8.77. The van der Waals surface area contributed by atoms with Crippen LogP contribution in [0.2, 0.25) is 5.02 Å². The van der Waals surface area contributed by atoms with Gasteiger partial charge in [-0.15, -0.1) is 11.8 Å². The summed E-state index contributed by atoms with van der Waals surface area (Å²) >= 11 is 8.78. The summed E-state index contributed by atoms with van der Waals surface area (Å²) in [4.78, 5) is 18.5. The molecule has 0 unspecified atom stereocenters. The lowest BCUT2D eigenvalue weighted by Gasteiger charge is -2.09. The van der Waals surface area contributed by atoms with Crippen LogP contribution in [0.15, 0.2) is 46.3 Å². The van der Waals surface area contributed by atoms with Crippen LogP contribution < -0.4 is 14.3 Å². The fourth-order valence-electron chi connectivity index (χ4n) is 2.79. The Morgan fingerprint density at radius 1 is 1.14 bits per heavy atom. The number of aromatic nitrogens is 1. The highest BCUT2D eigenvalue weighted by atomic mass is 35.5. The Hall–Kier alpha value is -1.96. The number of hydrogen-bond acceptors (Lipinski definition) is 5. The topological polar surface area (TPSA) is 52.8 Å². The Morgan fingerprint density at radius 2 is 1.82 bits per heavy atom. The molecule has 1 heterocycles. The van der Waals surface area contributed by atoms with E-state index >= 15 is 0 Å². The average Bonchev–Trinajstić information content (AvgIpc) is 3.05. The fraction of sp³-hybridized carbons (Fsp3) is 0.300. The lowest BCUT2D eigenvalue weighted by Crippen LogP contribution is -2.17. The Balaban J connectivity index is 1.97. The number of carbonyl (C=O) groups is 1. The third kappa shape index (κ3) is 4.54. The lowest BCUT2D eigenvalue weighted by molar-refractivity contribution is -0.115. The number of amides is 1. The van der Waals surface area contributed by atoms with E-state index in [1.807, 2.05) is 41.0 Å². The molecule has 28 heavy (non-hydrogen) atoms. The van der Waals surface area contributed by atoms with Gasteiger partial charge in [-0.2, -0.15) is 4.99 Å². The van der Waals surface area contributed by atoms with Crippen molar-refractivity contribution < 1.29 is 14.3 Å². The highest BCUT2D eigenvalue weighted by Crippen LogP contribution is 2.35. The molecule has 0 aliphatic heterocycles. The van der Waals surface area contributed by atoms with Gasteiger partial charge in [0.2, 0.25) is 0 Å². The summed E-state index contributed by atoms with van der Waals surface area (Å²) in [5, 5.41) is 0.675. The molecule has 0 fully saturated rings. The number of thioether (sulfide) groups is 1. The number of ether oxygens (including phenoxy) is 2. The predicted molar refractivity (Wildman–Crippen MR) is 116 cm³/mol. The summed E-state index contributed by atoms with van der Waals surface area (Å²) in [7, 11) is 3.27. The first-order valence-corrected chi connectivity index (χ1v) is 11.0. The van der Waals surface area contributed by atoms with Gasteiger partial charge in [0.05, 0.1) is 20.0 Å². The van der Waals surface area contributed by atoms with E-state index in [0.29, 0.717) is 9.82 Å². The van der Waals surface area contributed by atoms with Crippen molar-refractivity contribution in [2.45, 2.75) is 24.8 Å². The fourth-order valence-corrected chi connectivity index (χ4v) is 4.78. The number of aryl methyl sites for hydroxylation is 1. The normalized spacial score (nSPS) is 11.8. The summed E-state index contributed by atoms with van der Waals surface area (Å²) < 4.78 is 14.0. The highest BCUT2D eigenvalue weighted by molar-refractivity contribution is 8.00. The van der Waals surface area contributed by atoms with Gasteiger partial charge in [-0.3, -0.25) is 4.79 Å². The Morgan fingerprint density at radius 3 is 2.46 bits per heavy atom. The van der Waals surface area contributed by atoms with Crippen molar-refractivity contribution in [3.63, 3.8) is 0 Å². The molecule has 0 saturated carbocycles. The maximum atomic E-state index is 12.5. The van der Waals surface area contributed by atoms with Crippen molar-refractivity contribution in [2.75, 3.05) is 20.0 Å². The minimum Gasteiger partial charge on any atom is -0.495 e. The summed E-state index contributed by atoms with van der Waals surface area (Å²) in [5.41, 5.74) is 0.908. The van der Waals surface area contributed by atoms with Crippen molar-refractivity contribution in [2.24, 2.45) is 4.99 Å². The summed E-state index contributed by atoms with van der Waals surface area (Å²) in [6.07, 6.45) is 0.910. The quantitative estimate of drug-likeness (QED) is 0.489. The number of nitrogens with zero attached hydrogens (tertiary/aromatic N) is 2. The number of benzene rings is 2. The van der Waals surface area contributed by atoms with E-state index < -0.39 is 0 Å². The zero-order valence-corrected chi connectivity index (χ0v) is 18.3. The van der Waals surface area contributed by atoms with Crippen molar-refractivity contribution >= 4 is 50.8 Å². The molecule has 0 N–H and O–H groups in total. The van der Waals surface area contributed by atoms with E-state index in [1.165, 1.54) is 23.1 Å². The van der Waals surface area contributed by atoms with E-state index in [0.717, 1.165) is 39.6 Å². The van der Waals surface area contributed by atoms with Crippen molar-refractivity contribution in [3.05, 3.63) is 46.2 Å². The third-order valence-corrected chi connectivity index (χ3v) is 6.38. The number of rotatable bonds is 7. The lowest BCUT2D eigenvalue weighted by atomic mass is 10.3. The molecule has 0 aliphatic rings. The van der Waals surface area contributed by atoms with E-state index in [4.69, 9.17) is 21.1 Å². The molecule has 0 atom stereocenters. The highest BCUT2D eigenvalue weighted by Gasteiger charge is 2.16. The van der Waals surface area contributed by atoms with Crippen LogP contribution in [0.4, 0.5) is 0 Å².